The molecule has 0 bridgehead atoms. The molecule has 1 aromatic heterocycles. The minimum absolute atomic E-state index is 0.318. The van der Waals surface area contributed by atoms with Gasteiger partial charge in [0.15, 0.2) is 0 Å². The van der Waals surface area contributed by atoms with Crippen molar-refractivity contribution in [1.29, 1.82) is 0 Å². The molecule has 28 heavy (non-hydrogen) atoms. The summed E-state index contributed by atoms with van der Waals surface area (Å²) in [6.45, 7) is 3.94. The molecule has 2 aromatic carbocycles. The third-order valence-electron chi connectivity index (χ3n) is 4.89. The van der Waals surface area contributed by atoms with Crippen LogP contribution in [0.25, 0.3) is 0 Å². The van der Waals surface area contributed by atoms with E-state index in [1.165, 1.54) is 11.3 Å². The third kappa shape index (κ3) is 3.89. The molecule has 0 radical (unpaired) electrons. The number of benzene rings is 1. The van der Waals surface area contributed by atoms with E-state index in [1.807, 2.05) is 0 Å². The predicted molar refractivity (Wildman–Crippen MR) is 111 cm³/mol. The summed E-state index contributed by atoms with van der Waals surface area (Å²) >= 11 is 0. The number of pyridine rings is 1. The molecule has 144 valence electrons. The molecule has 0 aliphatic carbocycles. The normalized spacial score (nSPS) is 14.2. The summed E-state index contributed by atoms with van der Waals surface area (Å²) in [5.74, 6) is 0. The Balaban J connectivity index is 1.33. The highest BCUT2D eigenvalue weighted by Crippen LogP contribution is 2.20. The lowest BCUT2D eigenvalue weighted by molar-refractivity contribution is 0.122. The zero-order valence-corrected chi connectivity index (χ0v) is 15.5. The minimum Gasteiger partial charge on any atom is -0.380 e. The number of morpholine rings is 1. The molecule has 2 heterocycles. The number of rotatable bonds is 7. The monoisotopic (exact) mass is 378 g/mol. The van der Waals surface area contributed by atoms with Crippen molar-refractivity contribution in [3.63, 3.8) is 0 Å². The van der Waals surface area contributed by atoms with Crippen LogP contribution in [0.4, 0.5) is 22.7 Å². The Morgan fingerprint density at radius 1 is 0.929 bits per heavy atom. The molecule has 7 heteroatoms. The van der Waals surface area contributed by atoms with Crippen LogP contribution in [-0.2, 0) is 11.2 Å². The van der Waals surface area contributed by atoms with Crippen LogP contribution in [0, 0.1) is 0 Å². The van der Waals surface area contributed by atoms with E-state index in [-0.39, 0.29) is 0 Å². The average molecular weight is 378 g/mol. The summed E-state index contributed by atoms with van der Waals surface area (Å²) in [4.78, 5) is 30.0. The Hall–Kier alpha value is -3.19. The predicted octanol–water partition coefficient (Wildman–Crippen LogP) is 1.91. The van der Waals surface area contributed by atoms with Gasteiger partial charge in [0.2, 0.25) is 0 Å². The van der Waals surface area contributed by atoms with Gasteiger partial charge in [-0.15, -0.1) is 0 Å². The van der Waals surface area contributed by atoms with Gasteiger partial charge in [-0.05, 0) is 36.2 Å². The highest BCUT2D eigenvalue weighted by atomic mass is 16.5. The molecule has 3 aromatic rings. The molecule has 4 rings (SSSR count). The number of nitrogens with zero attached hydrogens (tertiary/aromatic N) is 2. The molecular weight excluding hydrogens is 356 g/mol. The first-order valence-electron chi connectivity index (χ1n) is 9.38. The van der Waals surface area contributed by atoms with Gasteiger partial charge in [-0.1, -0.05) is 12.1 Å². The van der Waals surface area contributed by atoms with E-state index < -0.39 is 10.9 Å². The minimum atomic E-state index is -0.492. The van der Waals surface area contributed by atoms with Crippen molar-refractivity contribution < 1.29 is 4.74 Å². The largest absolute Gasteiger partial charge is 0.380 e. The van der Waals surface area contributed by atoms with Gasteiger partial charge in [-0.2, -0.15) is 0 Å². The van der Waals surface area contributed by atoms with E-state index in [2.05, 4.69) is 44.8 Å². The van der Waals surface area contributed by atoms with Crippen molar-refractivity contribution in [2.75, 3.05) is 48.4 Å². The summed E-state index contributed by atoms with van der Waals surface area (Å²) in [6.07, 6.45) is 4.01. The van der Waals surface area contributed by atoms with E-state index in [9.17, 15) is 9.59 Å². The van der Waals surface area contributed by atoms with Crippen molar-refractivity contribution in [3.8, 4) is 0 Å². The maximum atomic E-state index is 11.9. The fraction of sp³-hybridized carbons (Fsp3) is 0.286. The van der Waals surface area contributed by atoms with Crippen LogP contribution in [0.1, 0.15) is 5.56 Å². The van der Waals surface area contributed by atoms with Crippen LogP contribution >= 0.6 is 0 Å². The molecule has 0 spiro atoms. The first-order valence-corrected chi connectivity index (χ1v) is 9.38. The Morgan fingerprint density at radius 3 is 2.32 bits per heavy atom. The Morgan fingerprint density at radius 2 is 1.61 bits per heavy atom. The molecule has 2 N–H and O–H groups in total. The topological polar surface area (TPSA) is 83.6 Å². The molecule has 1 aliphatic rings. The van der Waals surface area contributed by atoms with Gasteiger partial charge < -0.3 is 20.3 Å². The van der Waals surface area contributed by atoms with Crippen molar-refractivity contribution in [3.05, 3.63) is 74.8 Å². The second kappa shape index (κ2) is 8.22. The second-order valence-electron chi connectivity index (χ2n) is 6.71. The van der Waals surface area contributed by atoms with Gasteiger partial charge in [0.1, 0.15) is 11.4 Å². The highest BCUT2D eigenvalue weighted by Gasteiger charge is 2.20. The van der Waals surface area contributed by atoms with Gasteiger partial charge in [-0.3, -0.25) is 14.6 Å². The summed E-state index contributed by atoms with van der Waals surface area (Å²) in [5, 5.41) is 6.09. The summed E-state index contributed by atoms with van der Waals surface area (Å²) in [5.41, 5.74) is 2.81. The van der Waals surface area contributed by atoms with Gasteiger partial charge >= 0.3 is 0 Å². The molecule has 1 saturated heterocycles. The lowest BCUT2D eigenvalue weighted by atomic mass is 10.1. The summed E-state index contributed by atoms with van der Waals surface area (Å²) in [7, 11) is 0. The molecule has 0 unspecified atom stereocenters. The van der Waals surface area contributed by atoms with E-state index >= 15 is 0 Å². The van der Waals surface area contributed by atoms with Crippen LogP contribution in [0.2, 0.25) is 0 Å². The van der Waals surface area contributed by atoms with Gasteiger partial charge in [-0.25, -0.2) is 0 Å². The van der Waals surface area contributed by atoms with Crippen molar-refractivity contribution in [2.45, 2.75) is 6.42 Å². The lowest BCUT2D eigenvalue weighted by Crippen LogP contribution is -2.37. The molecule has 0 saturated carbocycles. The molecular formula is C21H22N4O3. The number of nitrogens with one attached hydrogen (secondary N) is 2. The standard InChI is InChI=1S/C21H22N4O3/c26-20-18(19(21(20)27)24-16-6-8-22-9-7-16)23-10-5-15-1-3-17(4-2-15)25-11-13-28-14-12-25/h1-4,6-9,23H,5,10-14H2,(H,22,24). The van der Waals surface area contributed by atoms with Crippen molar-refractivity contribution >= 4 is 22.7 Å². The lowest BCUT2D eigenvalue weighted by Gasteiger charge is -2.28. The zero-order valence-electron chi connectivity index (χ0n) is 15.5. The van der Waals surface area contributed by atoms with Crippen LogP contribution in [-0.4, -0.2) is 37.8 Å². The molecule has 0 atom stereocenters. The Bertz CT molecular complexity index is 989. The van der Waals surface area contributed by atoms with Crippen LogP contribution in [0.3, 0.4) is 0 Å². The van der Waals surface area contributed by atoms with Crippen molar-refractivity contribution in [1.82, 2.24) is 4.98 Å². The smallest absolute Gasteiger partial charge is 0.253 e. The maximum absolute atomic E-state index is 11.9. The number of hydrogen-bond donors (Lipinski definition) is 2. The first-order chi connectivity index (χ1) is 13.7. The molecule has 7 nitrogen and oxygen atoms in total. The SMILES string of the molecule is O=c1c(NCCc2ccc(N3CCOCC3)cc2)c(Nc2ccncc2)c1=O. The van der Waals surface area contributed by atoms with Crippen LogP contribution in [0.15, 0.2) is 58.4 Å². The number of aromatic nitrogens is 1. The van der Waals surface area contributed by atoms with E-state index in [0.717, 1.165) is 38.4 Å². The van der Waals surface area contributed by atoms with Crippen LogP contribution < -0.4 is 26.4 Å². The molecule has 1 aliphatic heterocycles. The Labute approximate surface area is 162 Å². The number of hydrogen-bond acceptors (Lipinski definition) is 7. The number of ether oxygens (including phenoxy) is 1. The summed E-state index contributed by atoms with van der Waals surface area (Å²) < 4.78 is 5.38. The zero-order chi connectivity index (χ0) is 19.3. The molecule has 0 amide bonds. The van der Waals surface area contributed by atoms with Crippen molar-refractivity contribution in [2.24, 2.45) is 0 Å². The average Bonchev–Trinajstić information content (AvgIpc) is 2.77. The first kappa shape index (κ1) is 18.2. The second-order valence-corrected chi connectivity index (χ2v) is 6.71. The quantitative estimate of drug-likeness (QED) is 0.608. The molecule has 1 fully saturated rings. The van der Waals surface area contributed by atoms with Crippen LogP contribution in [0.5, 0.6) is 0 Å². The highest BCUT2D eigenvalue weighted by molar-refractivity contribution is 5.78. The van der Waals surface area contributed by atoms with E-state index in [1.54, 1.807) is 24.5 Å². The van der Waals surface area contributed by atoms with E-state index in [0.29, 0.717) is 17.9 Å². The third-order valence-corrected chi connectivity index (χ3v) is 4.89. The fourth-order valence-corrected chi connectivity index (χ4v) is 3.29. The van der Waals surface area contributed by atoms with Gasteiger partial charge in [0.25, 0.3) is 10.9 Å². The van der Waals surface area contributed by atoms with Gasteiger partial charge in [0.05, 0.1) is 13.2 Å². The maximum Gasteiger partial charge on any atom is 0.253 e. The Kier molecular flexibility index (Phi) is 5.34. The van der Waals surface area contributed by atoms with Gasteiger partial charge in [0, 0.05) is 43.4 Å². The number of anilines is 4. The summed E-state index contributed by atoms with van der Waals surface area (Å²) in [6, 6.07) is 11.9. The van der Waals surface area contributed by atoms with E-state index in [4.69, 9.17) is 4.74 Å². The fourth-order valence-electron chi connectivity index (χ4n) is 3.29.